The third-order valence-electron chi connectivity index (χ3n) is 3.80. The predicted molar refractivity (Wildman–Crippen MR) is 84.8 cm³/mol. The van der Waals surface area contributed by atoms with Crippen LogP contribution in [0.3, 0.4) is 0 Å². The lowest BCUT2D eigenvalue weighted by Gasteiger charge is -2.28. The molecule has 0 spiro atoms. The highest BCUT2D eigenvalue weighted by molar-refractivity contribution is 5.22. The monoisotopic (exact) mass is 278 g/mol. The van der Waals surface area contributed by atoms with Crippen molar-refractivity contribution in [1.82, 2.24) is 0 Å². The Bertz CT molecular complexity index is 337. The molecule has 2 heteroatoms. The normalized spacial score (nSPS) is 14.2. The van der Waals surface area contributed by atoms with E-state index >= 15 is 0 Å². The second-order valence-electron chi connectivity index (χ2n) is 5.55. The average Bonchev–Trinajstić information content (AvgIpc) is 2.49. The average molecular weight is 278 g/mol. The fraction of sp³-hybridized carbons (Fsp3) is 0.667. The molecule has 0 aromatic heterocycles. The Morgan fingerprint density at radius 3 is 2.25 bits per heavy atom. The molecule has 1 N–H and O–H groups in total. The molecule has 1 aromatic carbocycles. The molecule has 0 bridgehead atoms. The summed E-state index contributed by atoms with van der Waals surface area (Å²) in [5.41, 5.74) is 0.143. The number of benzene rings is 1. The highest BCUT2D eigenvalue weighted by Crippen LogP contribution is 2.28. The number of hydrogen-bond acceptors (Lipinski definition) is 2. The molecule has 2 nitrogen and oxygen atoms in total. The minimum absolute atomic E-state index is 0.391. The zero-order valence-corrected chi connectivity index (χ0v) is 13.1. The molecule has 0 saturated carbocycles. The Hall–Kier alpha value is -0.860. The van der Waals surface area contributed by atoms with Gasteiger partial charge in [-0.1, -0.05) is 75.8 Å². The third kappa shape index (κ3) is 6.06. The van der Waals surface area contributed by atoms with Crippen LogP contribution < -0.4 is 0 Å². The van der Waals surface area contributed by atoms with E-state index in [1.54, 1.807) is 0 Å². The van der Waals surface area contributed by atoms with Crippen LogP contribution in [0.15, 0.2) is 30.3 Å². The molecule has 0 aliphatic carbocycles. The molecule has 0 amide bonds. The van der Waals surface area contributed by atoms with Crippen molar-refractivity contribution in [2.24, 2.45) is 0 Å². The van der Waals surface area contributed by atoms with Crippen LogP contribution in [0.4, 0.5) is 0 Å². The summed E-state index contributed by atoms with van der Waals surface area (Å²) in [6, 6.07) is 9.93. The minimum atomic E-state index is -0.831. The molecule has 0 aliphatic rings. The summed E-state index contributed by atoms with van der Waals surface area (Å²) in [7, 11) is 0. The number of ether oxygens (including phenoxy) is 1. The topological polar surface area (TPSA) is 29.5 Å². The fourth-order valence-corrected chi connectivity index (χ4v) is 2.52. The highest BCUT2D eigenvalue weighted by Gasteiger charge is 2.28. The van der Waals surface area contributed by atoms with Gasteiger partial charge in [-0.25, -0.2) is 0 Å². The van der Waals surface area contributed by atoms with Crippen molar-refractivity contribution in [3.63, 3.8) is 0 Å². The molecule has 20 heavy (non-hydrogen) atoms. The van der Waals surface area contributed by atoms with E-state index < -0.39 is 5.60 Å². The van der Waals surface area contributed by atoms with Gasteiger partial charge in [0.1, 0.15) is 5.60 Å². The van der Waals surface area contributed by atoms with Crippen molar-refractivity contribution in [1.29, 1.82) is 0 Å². The van der Waals surface area contributed by atoms with Crippen molar-refractivity contribution in [2.75, 3.05) is 13.2 Å². The van der Waals surface area contributed by atoms with Gasteiger partial charge in [-0.3, -0.25) is 0 Å². The maximum Gasteiger partial charge on any atom is 0.113 e. The number of aliphatic hydroxyl groups is 1. The first-order valence-corrected chi connectivity index (χ1v) is 8.08. The molecule has 0 heterocycles. The van der Waals surface area contributed by atoms with Crippen molar-refractivity contribution >= 4 is 0 Å². The van der Waals surface area contributed by atoms with E-state index in [4.69, 9.17) is 4.74 Å². The van der Waals surface area contributed by atoms with Gasteiger partial charge in [-0.05, 0) is 18.9 Å². The third-order valence-corrected chi connectivity index (χ3v) is 3.80. The van der Waals surface area contributed by atoms with Crippen molar-refractivity contribution in [3.8, 4) is 0 Å². The lowest BCUT2D eigenvalue weighted by Crippen LogP contribution is -2.31. The maximum absolute atomic E-state index is 10.9. The second-order valence-corrected chi connectivity index (χ2v) is 5.55. The highest BCUT2D eigenvalue weighted by atomic mass is 16.5. The van der Waals surface area contributed by atoms with Crippen LogP contribution in [-0.4, -0.2) is 18.3 Å². The summed E-state index contributed by atoms with van der Waals surface area (Å²) in [4.78, 5) is 0. The zero-order valence-electron chi connectivity index (χ0n) is 13.1. The molecule has 1 aromatic rings. The molecular weight excluding hydrogens is 248 g/mol. The van der Waals surface area contributed by atoms with Gasteiger partial charge in [-0.15, -0.1) is 0 Å². The van der Waals surface area contributed by atoms with Crippen molar-refractivity contribution in [2.45, 2.75) is 64.4 Å². The summed E-state index contributed by atoms with van der Waals surface area (Å²) in [5, 5.41) is 10.9. The van der Waals surface area contributed by atoms with Crippen LogP contribution in [0.25, 0.3) is 0 Å². The summed E-state index contributed by atoms with van der Waals surface area (Å²) in [6.07, 6.45) is 8.21. The van der Waals surface area contributed by atoms with Crippen molar-refractivity contribution < 1.29 is 9.84 Å². The van der Waals surface area contributed by atoms with Gasteiger partial charge in [0.25, 0.3) is 0 Å². The van der Waals surface area contributed by atoms with Crippen LogP contribution in [0.2, 0.25) is 0 Å². The molecule has 114 valence electrons. The first-order chi connectivity index (χ1) is 9.73. The minimum Gasteiger partial charge on any atom is -0.383 e. The van der Waals surface area contributed by atoms with E-state index in [0.29, 0.717) is 13.2 Å². The molecule has 0 aliphatic heterocycles. The molecule has 0 radical (unpaired) electrons. The van der Waals surface area contributed by atoms with Crippen LogP contribution in [0, 0.1) is 0 Å². The summed E-state index contributed by atoms with van der Waals surface area (Å²) < 4.78 is 5.50. The van der Waals surface area contributed by atoms with Gasteiger partial charge >= 0.3 is 0 Å². The van der Waals surface area contributed by atoms with E-state index in [9.17, 15) is 5.11 Å². The van der Waals surface area contributed by atoms with E-state index in [-0.39, 0.29) is 0 Å². The SMILES string of the molecule is CCCCCCCCC(O)(COCC)c1ccccc1. The molecule has 1 atom stereocenters. The van der Waals surface area contributed by atoms with Gasteiger partial charge in [0.15, 0.2) is 0 Å². The van der Waals surface area contributed by atoms with Crippen LogP contribution in [0.1, 0.15) is 64.4 Å². The fourth-order valence-electron chi connectivity index (χ4n) is 2.52. The quantitative estimate of drug-likeness (QED) is 0.596. The van der Waals surface area contributed by atoms with E-state index in [1.807, 2.05) is 37.3 Å². The largest absolute Gasteiger partial charge is 0.383 e. The molecule has 1 rings (SSSR count). The van der Waals surface area contributed by atoms with Gasteiger partial charge in [-0.2, -0.15) is 0 Å². The van der Waals surface area contributed by atoms with E-state index in [0.717, 1.165) is 18.4 Å². The van der Waals surface area contributed by atoms with Crippen LogP contribution >= 0.6 is 0 Å². The predicted octanol–water partition coefficient (Wildman–Crippen LogP) is 4.66. The Morgan fingerprint density at radius 1 is 0.950 bits per heavy atom. The Balaban J connectivity index is 2.47. The molecule has 0 saturated heterocycles. The van der Waals surface area contributed by atoms with Gasteiger partial charge in [0.2, 0.25) is 0 Å². The first-order valence-electron chi connectivity index (χ1n) is 8.08. The summed E-state index contributed by atoms with van der Waals surface area (Å²) in [6.45, 7) is 5.24. The Morgan fingerprint density at radius 2 is 1.60 bits per heavy atom. The summed E-state index contributed by atoms with van der Waals surface area (Å²) in [5.74, 6) is 0. The lowest BCUT2D eigenvalue weighted by molar-refractivity contribution is -0.0553. The maximum atomic E-state index is 10.9. The Labute approximate surface area is 124 Å². The van der Waals surface area contributed by atoms with Gasteiger partial charge in [0.05, 0.1) is 6.61 Å². The lowest BCUT2D eigenvalue weighted by atomic mass is 9.89. The first kappa shape index (κ1) is 17.2. The second kappa shape index (κ2) is 9.95. The smallest absolute Gasteiger partial charge is 0.113 e. The van der Waals surface area contributed by atoms with Crippen LogP contribution in [0.5, 0.6) is 0 Å². The number of unbranched alkanes of at least 4 members (excludes halogenated alkanes) is 5. The van der Waals surface area contributed by atoms with Crippen LogP contribution in [-0.2, 0) is 10.3 Å². The van der Waals surface area contributed by atoms with Gasteiger partial charge < -0.3 is 9.84 Å². The zero-order chi connectivity index (χ0) is 14.7. The number of rotatable bonds is 11. The Kier molecular flexibility index (Phi) is 8.56. The number of hydrogen-bond donors (Lipinski definition) is 1. The van der Waals surface area contributed by atoms with E-state index in [1.165, 1.54) is 32.1 Å². The standard InChI is InChI=1S/C18H30O2/c1-3-5-6-7-8-12-15-18(19,16-20-4-2)17-13-10-9-11-14-17/h9-11,13-14,19H,3-8,12,15-16H2,1-2H3. The van der Waals surface area contributed by atoms with Crippen molar-refractivity contribution in [3.05, 3.63) is 35.9 Å². The molecule has 1 unspecified atom stereocenters. The van der Waals surface area contributed by atoms with E-state index in [2.05, 4.69) is 6.92 Å². The molecular formula is C18H30O2. The van der Waals surface area contributed by atoms with Gasteiger partial charge in [0, 0.05) is 6.61 Å². The summed E-state index contributed by atoms with van der Waals surface area (Å²) >= 11 is 0. The molecule has 0 fully saturated rings.